The Morgan fingerprint density at radius 2 is 1.93 bits per heavy atom. The monoisotopic (exact) mass is 211 g/mol. The van der Waals surface area contributed by atoms with Crippen LogP contribution < -0.4 is 5.32 Å². The van der Waals surface area contributed by atoms with Gasteiger partial charge >= 0.3 is 0 Å². The second-order valence-corrected chi connectivity index (χ2v) is 5.27. The Morgan fingerprint density at radius 3 is 2.60 bits per heavy atom. The fourth-order valence-electron chi connectivity index (χ4n) is 3.02. The predicted molar refractivity (Wildman–Crippen MR) is 62.7 cm³/mol. The molecule has 2 rings (SSSR count). The molecule has 88 valence electrons. The topological polar surface area (TPSA) is 21.3 Å². The van der Waals surface area contributed by atoms with E-state index in [0.717, 1.165) is 12.0 Å². The molecule has 1 N–H and O–H groups in total. The van der Waals surface area contributed by atoms with Crippen LogP contribution >= 0.6 is 0 Å². The SMILES string of the molecule is CCC1CC(C)OC1NC1CCCCC1. The Hall–Kier alpha value is -0.0800. The van der Waals surface area contributed by atoms with Crippen LogP contribution in [-0.4, -0.2) is 18.4 Å². The molecular weight excluding hydrogens is 186 g/mol. The zero-order valence-electron chi connectivity index (χ0n) is 10.2. The summed E-state index contributed by atoms with van der Waals surface area (Å²) in [4.78, 5) is 0. The normalized spacial score (nSPS) is 38.4. The fraction of sp³-hybridized carbons (Fsp3) is 1.00. The van der Waals surface area contributed by atoms with Crippen molar-refractivity contribution in [2.24, 2.45) is 5.92 Å². The van der Waals surface area contributed by atoms with Crippen molar-refractivity contribution in [1.29, 1.82) is 0 Å². The number of nitrogens with one attached hydrogen (secondary N) is 1. The van der Waals surface area contributed by atoms with Crippen molar-refractivity contribution in [2.75, 3.05) is 0 Å². The van der Waals surface area contributed by atoms with Crippen LogP contribution in [0.2, 0.25) is 0 Å². The summed E-state index contributed by atoms with van der Waals surface area (Å²) in [6, 6.07) is 0.725. The van der Waals surface area contributed by atoms with E-state index < -0.39 is 0 Å². The van der Waals surface area contributed by atoms with Crippen LogP contribution in [0.3, 0.4) is 0 Å². The lowest BCUT2D eigenvalue weighted by Crippen LogP contribution is -2.42. The molecule has 2 aliphatic rings. The van der Waals surface area contributed by atoms with Crippen molar-refractivity contribution >= 4 is 0 Å². The average Bonchev–Trinajstić information content (AvgIpc) is 2.60. The van der Waals surface area contributed by atoms with Crippen molar-refractivity contribution < 1.29 is 4.74 Å². The van der Waals surface area contributed by atoms with E-state index in [2.05, 4.69) is 19.2 Å². The molecule has 3 atom stereocenters. The highest BCUT2D eigenvalue weighted by Gasteiger charge is 2.32. The van der Waals surface area contributed by atoms with E-state index in [-0.39, 0.29) is 0 Å². The molecule has 1 aliphatic carbocycles. The van der Waals surface area contributed by atoms with Crippen molar-refractivity contribution in [3.05, 3.63) is 0 Å². The van der Waals surface area contributed by atoms with Gasteiger partial charge in [0.2, 0.25) is 0 Å². The van der Waals surface area contributed by atoms with E-state index in [4.69, 9.17) is 4.74 Å². The molecule has 3 unspecified atom stereocenters. The highest BCUT2D eigenvalue weighted by atomic mass is 16.5. The Morgan fingerprint density at radius 1 is 1.20 bits per heavy atom. The van der Waals surface area contributed by atoms with Gasteiger partial charge < -0.3 is 4.74 Å². The van der Waals surface area contributed by atoms with E-state index in [1.165, 1.54) is 44.9 Å². The van der Waals surface area contributed by atoms with E-state index in [9.17, 15) is 0 Å². The summed E-state index contributed by atoms with van der Waals surface area (Å²) >= 11 is 0. The molecule has 0 bridgehead atoms. The second kappa shape index (κ2) is 5.31. The van der Waals surface area contributed by atoms with E-state index in [1.54, 1.807) is 0 Å². The summed E-state index contributed by atoms with van der Waals surface area (Å²) < 4.78 is 5.96. The molecule has 2 fully saturated rings. The Labute approximate surface area is 93.8 Å². The summed E-state index contributed by atoms with van der Waals surface area (Å²) in [6.45, 7) is 4.48. The van der Waals surface area contributed by atoms with Gasteiger partial charge in [0.1, 0.15) is 6.23 Å². The van der Waals surface area contributed by atoms with Crippen LogP contribution in [0.1, 0.15) is 58.8 Å². The van der Waals surface area contributed by atoms with E-state index in [1.807, 2.05) is 0 Å². The Balaban J connectivity index is 1.81. The molecule has 0 aromatic heterocycles. The maximum absolute atomic E-state index is 5.96. The molecule has 2 heteroatoms. The Kier molecular flexibility index (Phi) is 4.04. The van der Waals surface area contributed by atoms with Crippen molar-refractivity contribution in [3.8, 4) is 0 Å². The molecule has 0 radical (unpaired) electrons. The first-order chi connectivity index (χ1) is 7.29. The van der Waals surface area contributed by atoms with Crippen LogP contribution in [0.15, 0.2) is 0 Å². The van der Waals surface area contributed by atoms with Crippen LogP contribution in [0, 0.1) is 5.92 Å². The van der Waals surface area contributed by atoms with Gasteiger partial charge in [-0.15, -0.1) is 0 Å². The summed E-state index contributed by atoms with van der Waals surface area (Å²) in [5, 5.41) is 3.73. The maximum atomic E-state index is 5.96. The summed E-state index contributed by atoms with van der Waals surface area (Å²) in [5.41, 5.74) is 0. The van der Waals surface area contributed by atoms with Crippen LogP contribution in [0.25, 0.3) is 0 Å². The maximum Gasteiger partial charge on any atom is 0.111 e. The largest absolute Gasteiger partial charge is 0.360 e. The third-order valence-corrected chi connectivity index (χ3v) is 3.97. The number of hydrogen-bond donors (Lipinski definition) is 1. The molecule has 0 spiro atoms. The summed E-state index contributed by atoms with van der Waals surface area (Å²) in [6.07, 6.45) is 10.2. The molecule has 1 saturated carbocycles. The van der Waals surface area contributed by atoms with Gasteiger partial charge in [-0.3, -0.25) is 5.32 Å². The smallest absolute Gasteiger partial charge is 0.111 e. The first-order valence-corrected chi connectivity index (χ1v) is 6.71. The second-order valence-electron chi connectivity index (χ2n) is 5.27. The highest BCUT2D eigenvalue weighted by Crippen LogP contribution is 2.29. The predicted octanol–water partition coefficient (Wildman–Crippen LogP) is 3.07. The first kappa shape index (κ1) is 11.4. The van der Waals surface area contributed by atoms with Gasteiger partial charge in [-0.05, 0) is 32.6 Å². The van der Waals surface area contributed by atoms with Gasteiger partial charge in [-0.25, -0.2) is 0 Å². The summed E-state index contributed by atoms with van der Waals surface area (Å²) in [5.74, 6) is 0.738. The lowest BCUT2D eigenvalue weighted by atomic mass is 9.94. The molecular formula is C13H25NO. The van der Waals surface area contributed by atoms with Crippen molar-refractivity contribution in [3.63, 3.8) is 0 Å². The minimum absolute atomic E-state index is 0.341. The quantitative estimate of drug-likeness (QED) is 0.774. The lowest BCUT2D eigenvalue weighted by Gasteiger charge is -2.28. The fourth-order valence-corrected chi connectivity index (χ4v) is 3.02. The van der Waals surface area contributed by atoms with Crippen LogP contribution in [0.5, 0.6) is 0 Å². The Bertz CT molecular complexity index is 189. The van der Waals surface area contributed by atoms with Gasteiger partial charge in [0.25, 0.3) is 0 Å². The van der Waals surface area contributed by atoms with Crippen molar-refractivity contribution in [1.82, 2.24) is 5.32 Å². The van der Waals surface area contributed by atoms with E-state index >= 15 is 0 Å². The van der Waals surface area contributed by atoms with Crippen LogP contribution in [0.4, 0.5) is 0 Å². The lowest BCUT2D eigenvalue weighted by molar-refractivity contribution is 0.0102. The highest BCUT2D eigenvalue weighted by molar-refractivity contribution is 4.82. The minimum Gasteiger partial charge on any atom is -0.360 e. The summed E-state index contributed by atoms with van der Waals surface area (Å²) in [7, 11) is 0. The molecule has 1 saturated heterocycles. The molecule has 15 heavy (non-hydrogen) atoms. The van der Waals surface area contributed by atoms with Gasteiger partial charge in [0, 0.05) is 12.0 Å². The molecule has 0 aromatic carbocycles. The van der Waals surface area contributed by atoms with Crippen molar-refractivity contribution in [2.45, 2.75) is 77.2 Å². The minimum atomic E-state index is 0.341. The standard InChI is InChI=1S/C13H25NO/c1-3-11-9-10(2)15-13(11)14-12-7-5-4-6-8-12/h10-14H,3-9H2,1-2H3. The third-order valence-electron chi connectivity index (χ3n) is 3.97. The molecule has 2 nitrogen and oxygen atoms in total. The average molecular weight is 211 g/mol. The molecule has 1 aliphatic heterocycles. The molecule has 0 amide bonds. The number of rotatable bonds is 3. The van der Waals surface area contributed by atoms with Gasteiger partial charge in [-0.1, -0.05) is 26.2 Å². The zero-order valence-corrected chi connectivity index (χ0v) is 10.2. The molecule has 1 heterocycles. The van der Waals surface area contributed by atoms with E-state index in [0.29, 0.717) is 12.3 Å². The third kappa shape index (κ3) is 2.94. The molecule has 0 aromatic rings. The van der Waals surface area contributed by atoms with Crippen LogP contribution in [-0.2, 0) is 4.74 Å². The van der Waals surface area contributed by atoms with Gasteiger partial charge in [-0.2, -0.15) is 0 Å². The van der Waals surface area contributed by atoms with Gasteiger partial charge in [0.15, 0.2) is 0 Å². The zero-order chi connectivity index (χ0) is 10.7. The number of hydrogen-bond acceptors (Lipinski definition) is 2. The first-order valence-electron chi connectivity index (χ1n) is 6.71. The van der Waals surface area contributed by atoms with Gasteiger partial charge in [0.05, 0.1) is 6.10 Å². The number of ether oxygens (including phenoxy) is 1.